The van der Waals surface area contributed by atoms with E-state index in [9.17, 15) is 9.59 Å². The summed E-state index contributed by atoms with van der Waals surface area (Å²) in [6.07, 6.45) is 0.310. The number of nitrogens with zero attached hydrogens (tertiary/aromatic N) is 4. The SMILES string of the molecule is C/C(=N\c1c(C)c(=O)n(CCCO)c(=O)n1C)Oc1ccccc1C#N. The Morgan fingerprint density at radius 3 is 2.69 bits per heavy atom. The Balaban J connectivity index is 2.46. The van der Waals surface area contributed by atoms with Gasteiger partial charge in [0.05, 0.1) is 11.1 Å². The van der Waals surface area contributed by atoms with Crippen LogP contribution in [0, 0.1) is 18.3 Å². The third-order valence-electron chi connectivity index (χ3n) is 3.81. The summed E-state index contributed by atoms with van der Waals surface area (Å²) in [7, 11) is 1.51. The largest absolute Gasteiger partial charge is 0.442 e. The molecule has 8 heteroatoms. The highest BCUT2D eigenvalue weighted by Gasteiger charge is 2.14. The minimum absolute atomic E-state index is 0.111. The Kier molecular flexibility index (Phi) is 6.09. The smallest absolute Gasteiger partial charge is 0.332 e. The predicted octanol–water partition coefficient (Wildman–Crippen LogP) is 1.24. The average Bonchev–Trinajstić information content (AvgIpc) is 2.64. The van der Waals surface area contributed by atoms with Crippen molar-refractivity contribution in [1.29, 1.82) is 5.26 Å². The monoisotopic (exact) mass is 356 g/mol. The topological polar surface area (TPSA) is 110 Å². The molecule has 0 fully saturated rings. The Bertz CT molecular complexity index is 958. The standard InChI is InChI=1S/C18H20N4O4/c1-12-16(21(3)18(25)22(17(12)24)9-6-10-23)20-13(2)26-15-8-5-4-7-14(15)11-19/h4-5,7-8,23H,6,9-10H2,1-3H3/b20-13+. The summed E-state index contributed by atoms with van der Waals surface area (Å²) in [5.41, 5.74) is -0.322. The molecule has 0 radical (unpaired) electrons. The van der Waals surface area contributed by atoms with E-state index < -0.39 is 11.2 Å². The van der Waals surface area contributed by atoms with Crippen molar-refractivity contribution in [1.82, 2.24) is 9.13 Å². The molecule has 0 saturated heterocycles. The number of ether oxygens (including phenoxy) is 1. The lowest BCUT2D eigenvalue weighted by Gasteiger charge is -2.13. The second-order valence-corrected chi connectivity index (χ2v) is 5.66. The van der Waals surface area contributed by atoms with Crippen LogP contribution in [0.2, 0.25) is 0 Å². The molecule has 0 aliphatic heterocycles. The highest BCUT2D eigenvalue weighted by atomic mass is 16.5. The number of aliphatic hydroxyl groups excluding tert-OH is 1. The van der Waals surface area contributed by atoms with E-state index in [1.54, 1.807) is 38.1 Å². The van der Waals surface area contributed by atoms with Gasteiger partial charge in [-0.15, -0.1) is 0 Å². The molecule has 1 heterocycles. The summed E-state index contributed by atoms with van der Waals surface area (Å²) in [5.74, 6) is 0.723. The van der Waals surface area contributed by atoms with Crippen LogP contribution in [0.1, 0.15) is 24.5 Å². The number of benzene rings is 1. The van der Waals surface area contributed by atoms with E-state index in [4.69, 9.17) is 15.1 Å². The molecule has 1 aromatic heterocycles. The molecule has 0 atom stereocenters. The lowest BCUT2D eigenvalue weighted by molar-refractivity contribution is 0.277. The van der Waals surface area contributed by atoms with Gasteiger partial charge in [-0.3, -0.25) is 13.9 Å². The summed E-state index contributed by atoms with van der Waals surface area (Å²) in [6.45, 7) is 3.18. The van der Waals surface area contributed by atoms with Crippen LogP contribution in [0.4, 0.5) is 5.82 Å². The summed E-state index contributed by atoms with van der Waals surface area (Å²) in [5, 5.41) is 18.0. The number of rotatable bonds is 5. The molecule has 26 heavy (non-hydrogen) atoms. The second-order valence-electron chi connectivity index (χ2n) is 5.66. The number of aliphatic imine (C=N–C) groups is 1. The minimum Gasteiger partial charge on any atom is -0.442 e. The molecule has 0 unspecified atom stereocenters. The first-order valence-electron chi connectivity index (χ1n) is 8.04. The van der Waals surface area contributed by atoms with Gasteiger partial charge in [0.1, 0.15) is 17.6 Å². The molecule has 0 aliphatic carbocycles. The van der Waals surface area contributed by atoms with E-state index >= 15 is 0 Å². The van der Waals surface area contributed by atoms with Crippen LogP contribution < -0.4 is 16.0 Å². The van der Waals surface area contributed by atoms with Crippen LogP contribution in [0.3, 0.4) is 0 Å². The van der Waals surface area contributed by atoms with Crippen molar-refractivity contribution in [2.24, 2.45) is 12.0 Å². The molecular formula is C18H20N4O4. The third kappa shape index (κ3) is 3.90. The zero-order chi connectivity index (χ0) is 19.3. The molecule has 136 valence electrons. The lowest BCUT2D eigenvalue weighted by Crippen LogP contribution is -2.40. The van der Waals surface area contributed by atoms with Crippen molar-refractivity contribution in [2.75, 3.05) is 6.61 Å². The van der Waals surface area contributed by atoms with E-state index in [2.05, 4.69) is 4.99 Å². The van der Waals surface area contributed by atoms with Crippen molar-refractivity contribution in [3.8, 4) is 11.8 Å². The minimum atomic E-state index is -0.516. The number of hydrogen-bond acceptors (Lipinski definition) is 6. The number of aromatic nitrogens is 2. The van der Waals surface area contributed by atoms with Gasteiger partial charge in [0.15, 0.2) is 5.90 Å². The zero-order valence-electron chi connectivity index (χ0n) is 14.9. The molecule has 1 aromatic carbocycles. The summed E-state index contributed by atoms with van der Waals surface area (Å²) in [4.78, 5) is 29.1. The maximum Gasteiger partial charge on any atom is 0.332 e. The maximum absolute atomic E-state index is 12.4. The van der Waals surface area contributed by atoms with Crippen molar-refractivity contribution in [3.05, 3.63) is 56.2 Å². The Morgan fingerprint density at radius 1 is 1.35 bits per heavy atom. The normalized spacial score (nSPS) is 11.3. The van der Waals surface area contributed by atoms with Crippen molar-refractivity contribution >= 4 is 11.7 Å². The summed E-state index contributed by atoms with van der Waals surface area (Å²) < 4.78 is 7.93. The Morgan fingerprint density at radius 2 is 2.04 bits per heavy atom. The quantitative estimate of drug-likeness (QED) is 0.640. The summed E-state index contributed by atoms with van der Waals surface area (Å²) in [6, 6.07) is 8.73. The number of aliphatic hydroxyl groups is 1. The van der Waals surface area contributed by atoms with Gasteiger partial charge in [-0.25, -0.2) is 4.79 Å². The van der Waals surface area contributed by atoms with Crippen LogP contribution in [0.25, 0.3) is 0 Å². The molecule has 0 amide bonds. The fraction of sp³-hybridized carbons (Fsp3) is 0.333. The molecule has 2 aromatic rings. The Hall–Kier alpha value is -3.18. The van der Waals surface area contributed by atoms with E-state index in [-0.39, 0.29) is 24.9 Å². The van der Waals surface area contributed by atoms with Gasteiger partial charge < -0.3 is 9.84 Å². The highest BCUT2D eigenvalue weighted by molar-refractivity contribution is 5.79. The van der Waals surface area contributed by atoms with Crippen LogP contribution in [0.5, 0.6) is 5.75 Å². The van der Waals surface area contributed by atoms with E-state index in [1.165, 1.54) is 11.6 Å². The van der Waals surface area contributed by atoms with Crippen molar-refractivity contribution in [2.45, 2.75) is 26.8 Å². The molecular weight excluding hydrogens is 336 g/mol. The first-order chi connectivity index (χ1) is 12.4. The van der Waals surface area contributed by atoms with Gasteiger partial charge in [0.25, 0.3) is 5.56 Å². The maximum atomic E-state index is 12.4. The van der Waals surface area contributed by atoms with Crippen LogP contribution in [-0.4, -0.2) is 26.7 Å². The van der Waals surface area contributed by atoms with Gasteiger partial charge >= 0.3 is 5.69 Å². The first kappa shape index (κ1) is 19.1. The lowest BCUT2D eigenvalue weighted by atomic mass is 10.2. The number of nitriles is 1. The molecule has 0 spiro atoms. The second kappa shape index (κ2) is 8.27. The number of para-hydroxylation sites is 1. The van der Waals surface area contributed by atoms with Gasteiger partial charge in [0, 0.05) is 27.1 Å². The van der Waals surface area contributed by atoms with Crippen molar-refractivity contribution < 1.29 is 9.84 Å². The van der Waals surface area contributed by atoms with Gasteiger partial charge in [0.2, 0.25) is 0 Å². The van der Waals surface area contributed by atoms with E-state index in [0.717, 1.165) is 4.57 Å². The number of hydrogen-bond donors (Lipinski definition) is 1. The summed E-state index contributed by atoms with van der Waals surface area (Å²) >= 11 is 0. The molecule has 0 saturated carbocycles. The fourth-order valence-electron chi connectivity index (χ4n) is 2.47. The van der Waals surface area contributed by atoms with Crippen LogP contribution in [-0.2, 0) is 13.6 Å². The third-order valence-corrected chi connectivity index (χ3v) is 3.81. The van der Waals surface area contributed by atoms with E-state index in [0.29, 0.717) is 23.3 Å². The van der Waals surface area contributed by atoms with Gasteiger partial charge in [-0.05, 0) is 25.5 Å². The van der Waals surface area contributed by atoms with Crippen molar-refractivity contribution in [3.63, 3.8) is 0 Å². The zero-order valence-corrected chi connectivity index (χ0v) is 14.9. The molecule has 8 nitrogen and oxygen atoms in total. The van der Waals surface area contributed by atoms with Crippen LogP contribution in [0.15, 0.2) is 38.8 Å². The average molecular weight is 356 g/mol. The highest BCUT2D eigenvalue weighted by Crippen LogP contribution is 2.18. The predicted molar refractivity (Wildman–Crippen MR) is 96.9 cm³/mol. The molecule has 0 bridgehead atoms. The fourth-order valence-corrected chi connectivity index (χ4v) is 2.47. The Labute approximate surface area is 150 Å². The first-order valence-corrected chi connectivity index (χ1v) is 8.04. The molecule has 2 rings (SSSR count). The molecule has 0 aliphatic rings. The molecule has 1 N–H and O–H groups in total. The van der Waals surface area contributed by atoms with Gasteiger partial charge in [-0.1, -0.05) is 12.1 Å². The van der Waals surface area contributed by atoms with Crippen LogP contribution >= 0.6 is 0 Å². The van der Waals surface area contributed by atoms with E-state index in [1.807, 2.05) is 6.07 Å². The van der Waals surface area contributed by atoms with Gasteiger partial charge in [-0.2, -0.15) is 10.3 Å².